The van der Waals surface area contributed by atoms with Crippen LogP contribution in [0, 0.1) is 17.1 Å². The molecule has 2 aromatic rings. The summed E-state index contributed by atoms with van der Waals surface area (Å²) in [6.07, 6.45) is 3.02. The van der Waals surface area contributed by atoms with Gasteiger partial charge in [-0.25, -0.2) is 4.39 Å². The third kappa shape index (κ3) is 2.53. The maximum atomic E-state index is 13.8. The predicted octanol–water partition coefficient (Wildman–Crippen LogP) is 2.48. The van der Waals surface area contributed by atoms with Crippen molar-refractivity contribution in [3.63, 3.8) is 0 Å². The molecule has 0 spiro atoms. The Morgan fingerprint density at radius 2 is 2.17 bits per heavy atom. The van der Waals surface area contributed by atoms with Crippen molar-refractivity contribution in [1.29, 1.82) is 5.26 Å². The van der Waals surface area contributed by atoms with E-state index in [0.717, 1.165) is 5.56 Å². The minimum atomic E-state index is -0.313. The summed E-state index contributed by atoms with van der Waals surface area (Å²) in [7, 11) is 1.83. The van der Waals surface area contributed by atoms with Crippen LogP contribution >= 0.6 is 0 Å². The van der Waals surface area contributed by atoms with Gasteiger partial charge in [0.15, 0.2) is 0 Å². The molecule has 0 saturated carbocycles. The van der Waals surface area contributed by atoms with Gasteiger partial charge in [0.2, 0.25) is 0 Å². The number of pyridine rings is 1. The van der Waals surface area contributed by atoms with Crippen molar-refractivity contribution in [2.75, 3.05) is 7.05 Å². The highest BCUT2D eigenvalue weighted by atomic mass is 19.1. The fourth-order valence-corrected chi connectivity index (χ4v) is 1.76. The molecule has 0 radical (unpaired) electrons. The van der Waals surface area contributed by atoms with E-state index in [0.29, 0.717) is 23.2 Å². The fourth-order valence-electron chi connectivity index (χ4n) is 1.76. The van der Waals surface area contributed by atoms with Gasteiger partial charge in [-0.1, -0.05) is 6.07 Å². The highest BCUT2D eigenvalue weighted by Crippen LogP contribution is 2.24. The number of halogens is 1. The van der Waals surface area contributed by atoms with Gasteiger partial charge in [0.05, 0.1) is 5.56 Å². The quantitative estimate of drug-likeness (QED) is 0.898. The molecule has 3 nitrogen and oxygen atoms in total. The summed E-state index contributed by atoms with van der Waals surface area (Å²) in [6, 6.07) is 8.57. The van der Waals surface area contributed by atoms with Gasteiger partial charge in [-0.2, -0.15) is 5.26 Å². The molecule has 0 amide bonds. The van der Waals surface area contributed by atoms with Gasteiger partial charge in [-0.15, -0.1) is 0 Å². The van der Waals surface area contributed by atoms with Crippen LogP contribution in [0.1, 0.15) is 11.1 Å². The lowest BCUT2D eigenvalue weighted by atomic mass is 10.0. The summed E-state index contributed by atoms with van der Waals surface area (Å²) in [5, 5.41) is 11.8. The molecule has 1 aromatic heterocycles. The van der Waals surface area contributed by atoms with Crippen LogP contribution in [0.2, 0.25) is 0 Å². The summed E-state index contributed by atoms with van der Waals surface area (Å²) >= 11 is 0. The van der Waals surface area contributed by atoms with Crippen LogP contribution < -0.4 is 5.32 Å². The summed E-state index contributed by atoms with van der Waals surface area (Å²) in [4.78, 5) is 3.94. The smallest absolute Gasteiger partial charge is 0.131 e. The van der Waals surface area contributed by atoms with Gasteiger partial charge < -0.3 is 5.32 Å². The van der Waals surface area contributed by atoms with E-state index in [1.54, 1.807) is 24.4 Å². The van der Waals surface area contributed by atoms with Crippen molar-refractivity contribution in [3.8, 4) is 17.2 Å². The van der Waals surface area contributed by atoms with E-state index in [-0.39, 0.29) is 5.82 Å². The average Bonchev–Trinajstić information content (AvgIpc) is 2.41. The molecule has 0 fully saturated rings. The van der Waals surface area contributed by atoms with Gasteiger partial charge >= 0.3 is 0 Å². The van der Waals surface area contributed by atoms with Gasteiger partial charge in [0.25, 0.3) is 0 Å². The second-order valence-electron chi connectivity index (χ2n) is 3.92. The molecule has 0 atom stereocenters. The summed E-state index contributed by atoms with van der Waals surface area (Å²) in [5.41, 5.74) is 2.49. The molecule has 1 N–H and O–H groups in total. The molecule has 0 aliphatic rings. The van der Waals surface area contributed by atoms with Gasteiger partial charge in [0, 0.05) is 30.1 Å². The van der Waals surface area contributed by atoms with Crippen molar-refractivity contribution >= 4 is 0 Å². The normalized spacial score (nSPS) is 10.1. The van der Waals surface area contributed by atoms with Crippen LogP contribution in [-0.2, 0) is 6.54 Å². The first-order valence-corrected chi connectivity index (χ1v) is 5.53. The van der Waals surface area contributed by atoms with E-state index in [1.165, 1.54) is 12.3 Å². The molecule has 0 bridgehead atoms. The zero-order valence-corrected chi connectivity index (χ0v) is 9.94. The lowest BCUT2D eigenvalue weighted by Gasteiger charge is -2.07. The summed E-state index contributed by atoms with van der Waals surface area (Å²) < 4.78 is 13.8. The lowest BCUT2D eigenvalue weighted by molar-refractivity contribution is 0.630. The first-order chi connectivity index (χ1) is 8.74. The van der Waals surface area contributed by atoms with E-state index < -0.39 is 0 Å². The summed E-state index contributed by atoms with van der Waals surface area (Å²) in [6.45, 7) is 0.665. The first-order valence-electron chi connectivity index (χ1n) is 5.53. The number of nitriles is 1. The monoisotopic (exact) mass is 241 g/mol. The number of benzene rings is 1. The van der Waals surface area contributed by atoms with Crippen molar-refractivity contribution in [2.24, 2.45) is 0 Å². The van der Waals surface area contributed by atoms with E-state index in [4.69, 9.17) is 5.26 Å². The van der Waals surface area contributed by atoms with E-state index in [1.807, 2.05) is 13.1 Å². The van der Waals surface area contributed by atoms with Gasteiger partial charge in [-0.3, -0.25) is 4.98 Å². The predicted molar refractivity (Wildman–Crippen MR) is 67.1 cm³/mol. The maximum Gasteiger partial charge on any atom is 0.131 e. The third-order valence-electron chi connectivity index (χ3n) is 2.59. The minimum absolute atomic E-state index is 0.313. The minimum Gasteiger partial charge on any atom is -0.316 e. The Balaban J connectivity index is 2.48. The fraction of sp³-hybridized carbons (Fsp3) is 0.143. The van der Waals surface area contributed by atoms with Crippen LogP contribution in [0.3, 0.4) is 0 Å². The molecule has 0 unspecified atom stereocenters. The van der Waals surface area contributed by atoms with Crippen molar-refractivity contribution in [1.82, 2.24) is 10.3 Å². The SMILES string of the molecule is CNCc1ccc(F)c(-c2cncc(C#N)c2)c1. The second kappa shape index (κ2) is 5.39. The number of hydrogen-bond donors (Lipinski definition) is 1. The Morgan fingerprint density at radius 3 is 2.89 bits per heavy atom. The molecule has 90 valence electrons. The highest BCUT2D eigenvalue weighted by Gasteiger charge is 2.07. The number of rotatable bonds is 3. The molecule has 18 heavy (non-hydrogen) atoms. The molecular weight excluding hydrogens is 229 g/mol. The van der Waals surface area contributed by atoms with Gasteiger partial charge in [0.1, 0.15) is 11.9 Å². The van der Waals surface area contributed by atoms with Crippen molar-refractivity contribution in [3.05, 3.63) is 53.6 Å². The number of aromatic nitrogens is 1. The molecule has 0 aliphatic heterocycles. The zero-order chi connectivity index (χ0) is 13.0. The third-order valence-corrected chi connectivity index (χ3v) is 2.59. The van der Waals surface area contributed by atoms with Crippen LogP contribution in [-0.4, -0.2) is 12.0 Å². The van der Waals surface area contributed by atoms with E-state index in [2.05, 4.69) is 10.3 Å². The Bertz CT molecular complexity index is 602. The number of nitrogens with zero attached hydrogens (tertiary/aromatic N) is 2. The molecule has 1 heterocycles. The van der Waals surface area contributed by atoms with Gasteiger partial charge in [-0.05, 0) is 30.8 Å². The van der Waals surface area contributed by atoms with Crippen LogP contribution in [0.25, 0.3) is 11.1 Å². The molecular formula is C14H12FN3. The average molecular weight is 241 g/mol. The van der Waals surface area contributed by atoms with Crippen LogP contribution in [0.15, 0.2) is 36.7 Å². The Kier molecular flexibility index (Phi) is 3.66. The Morgan fingerprint density at radius 1 is 1.33 bits per heavy atom. The maximum absolute atomic E-state index is 13.8. The highest BCUT2D eigenvalue weighted by molar-refractivity contribution is 5.65. The lowest BCUT2D eigenvalue weighted by Crippen LogP contribution is -2.05. The topological polar surface area (TPSA) is 48.7 Å². The molecule has 0 aliphatic carbocycles. The molecule has 4 heteroatoms. The Labute approximate surface area is 105 Å². The van der Waals surface area contributed by atoms with Crippen LogP contribution in [0.4, 0.5) is 4.39 Å². The van der Waals surface area contributed by atoms with Crippen LogP contribution in [0.5, 0.6) is 0 Å². The molecule has 0 saturated heterocycles. The first kappa shape index (κ1) is 12.2. The van der Waals surface area contributed by atoms with Crippen molar-refractivity contribution in [2.45, 2.75) is 6.54 Å². The van der Waals surface area contributed by atoms with Crippen molar-refractivity contribution < 1.29 is 4.39 Å². The van der Waals surface area contributed by atoms with E-state index in [9.17, 15) is 4.39 Å². The number of hydrogen-bond acceptors (Lipinski definition) is 3. The van der Waals surface area contributed by atoms with E-state index >= 15 is 0 Å². The standard InChI is InChI=1S/C14H12FN3/c1-17-7-10-2-3-14(15)13(5-10)12-4-11(6-16)8-18-9-12/h2-5,8-9,17H,7H2,1H3. The Hall–Kier alpha value is -2.25. The largest absolute Gasteiger partial charge is 0.316 e. The summed E-state index contributed by atoms with van der Waals surface area (Å²) in [5.74, 6) is -0.313. The molecule has 1 aromatic carbocycles. The second-order valence-corrected chi connectivity index (χ2v) is 3.92. The number of nitrogens with one attached hydrogen (secondary N) is 1. The zero-order valence-electron chi connectivity index (χ0n) is 9.94. The molecule has 2 rings (SSSR count).